The van der Waals surface area contributed by atoms with Crippen molar-refractivity contribution in [2.45, 2.75) is 211 Å². The fraction of sp³-hybridized carbons (Fsp3) is 0.913. The van der Waals surface area contributed by atoms with Crippen molar-refractivity contribution < 1.29 is 150 Å². The average molecular weight is 1180 g/mol. The molecule has 476 valence electrons. The zero-order valence-electron chi connectivity index (χ0n) is 44.7. The van der Waals surface area contributed by atoms with Crippen molar-refractivity contribution in [2.24, 2.45) is 22.9 Å². The lowest BCUT2D eigenvalue weighted by Gasteiger charge is -2.40. The van der Waals surface area contributed by atoms with Gasteiger partial charge in [0.05, 0.1) is 114 Å². The maximum absolute atomic E-state index is 9.72. The van der Waals surface area contributed by atoms with E-state index in [9.17, 15) is 81.7 Å². The van der Waals surface area contributed by atoms with Crippen LogP contribution in [0.4, 0.5) is 0 Å². The molecule has 0 spiro atoms. The summed E-state index contributed by atoms with van der Waals surface area (Å²) in [5, 5.41) is 208. The van der Waals surface area contributed by atoms with Gasteiger partial charge in [-0.1, -0.05) is 24.3 Å². The van der Waals surface area contributed by atoms with Crippen LogP contribution in [0.25, 0.3) is 0 Å². The quantitative estimate of drug-likeness (QED) is 0.0399. The molecule has 0 aromatic rings. The summed E-state index contributed by atoms with van der Waals surface area (Å²) in [5.41, 5.74) is 22.5. The Bertz CT molecular complexity index is 1550. The molecule has 34 heteroatoms. The van der Waals surface area contributed by atoms with Gasteiger partial charge < -0.3 is 173 Å². The van der Waals surface area contributed by atoms with E-state index in [4.69, 9.17) is 91.5 Å². The molecule has 0 amide bonds. The molecule has 0 aliphatic carbocycles. The predicted molar refractivity (Wildman–Crippen MR) is 268 cm³/mol. The van der Waals surface area contributed by atoms with Crippen molar-refractivity contribution in [1.82, 2.24) is 0 Å². The fourth-order valence-electron chi connectivity index (χ4n) is 7.43. The molecule has 20 unspecified atom stereocenters. The van der Waals surface area contributed by atoms with E-state index in [-0.39, 0.29) is 26.4 Å². The molecule has 4 saturated heterocycles. The Labute approximate surface area is 461 Å². The van der Waals surface area contributed by atoms with Gasteiger partial charge in [-0.2, -0.15) is 0 Å². The first-order valence-electron chi connectivity index (χ1n) is 25.5. The Morgan fingerprint density at radius 1 is 0.350 bits per heavy atom. The number of aliphatic hydroxyl groups excluding tert-OH is 22. The Morgan fingerprint density at radius 3 is 0.725 bits per heavy atom. The van der Waals surface area contributed by atoms with Crippen LogP contribution in [0.1, 0.15) is 27.7 Å². The van der Waals surface area contributed by atoms with Crippen LogP contribution in [-0.2, 0) is 37.9 Å². The Morgan fingerprint density at radius 2 is 0.550 bits per heavy atom. The van der Waals surface area contributed by atoms with E-state index < -0.39 is 210 Å². The molecule has 4 heterocycles. The Balaban J connectivity index is 0.000000533. The summed E-state index contributed by atoms with van der Waals surface area (Å²) in [7, 11) is 0. The standard InChI is InChI=1S/2C12H23NO7.2C11H23NO8/c2*1-2-3-7(15)6(13)5-19-12-11(18)10(17)9(16)8(4-14)20-12;2*1-4(14)7(15)5(12)3-19-11-10(18)9(17)8(16)6(2-13)20-11/h2*2-3,6-12,14-18H,4-5,13H2,1H3;2*4-11,13-18H,2-3,12H2,1H3/b2*3-2+;;/t2*6-,7+,8?,9?,10?,11?,12?;2*4-,5+,6?,7-,8?,9?,10?,11?/m0011/s1. The van der Waals surface area contributed by atoms with Crippen molar-refractivity contribution in [3.63, 3.8) is 0 Å². The second kappa shape index (κ2) is 38.2. The molecule has 4 aliphatic heterocycles. The highest BCUT2D eigenvalue weighted by Gasteiger charge is 2.48. The zero-order valence-corrected chi connectivity index (χ0v) is 44.7. The van der Waals surface area contributed by atoms with E-state index in [0.29, 0.717) is 0 Å². The zero-order chi connectivity index (χ0) is 61.5. The summed E-state index contributed by atoms with van der Waals surface area (Å²) in [4.78, 5) is 0. The summed E-state index contributed by atoms with van der Waals surface area (Å²) in [6.07, 6.45) is -27.3. The van der Waals surface area contributed by atoms with Gasteiger partial charge in [-0.15, -0.1) is 0 Å². The lowest BCUT2D eigenvalue weighted by atomic mass is 9.99. The van der Waals surface area contributed by atoms with Crippen LogP contribution in [0, 0.1) is 0 Å². The first-order chi connectivity index (χ1) is 37.4. The molecule has 0 bridgehead atoms. The van der Waals surface area contributed by atoms with E-state index in [1.807, 2.05) is 0 Å². The van der Waals surface area contributed by atoms with Gasteiger partial charge in [0, 0.05) is 0 Å². The number of rotatable bonds is 24. The average Bonchev–Trinajstić information content (AvgIpc) is 3.43. The Kier molecular flexibility index (Phi) is 36.4. The molecule has 0 aromatic heterocycles. The molecule has 4 rings (SSSR count). The second-order valence-electron chi connectivity index (χ2n) is 19.3. The number of hydrogen-bond acceptors (Lipinski definition) is 34. The van der Waals surface area contributed by atoms with Crippen LogP contribution >= 0.6 is 0 Å². The van der Waals surface area contributed by atoms with Crippen molar-refractivity contribution in [3.8, 4) is 0 Å². The Hall–Kier alpha value is -1.88. The number of aliphatic hydroxyl groups is 22. The highest BCUT2D eigenvalue weighted by atomic mass is 16.7. The fourth-order valence-corrected chi connectivity index (χ4v) is 7.43. The van der Waals surface area contributed by atoms with E-state index >= 15 is 0 Å². The summed E-state index contributed by atoms with van der Waals surface area (Å²) in [6, 6.07) is -3.33. The number of ether oxygens (including phenoxy) is 8. The van der Waals surface area contributed by atoms with Gasteiger partial charge in [-0.25, -0.2) is 0 Å². The SMILES string of the molecule is C/C=C/[C@@H](O)[C@@H](N)COC1OC(CO)C(O)C(O)C1O.C/C=C/[C@@H](O)[C@@H](N)COC1OC(CO)C(O)C(O)C1O.C[C@@H](O)[C@@H](O)[C@@H](N)COC1OC(CO)C(O)C(O)C1O.C[C@@H](O)[C@@H](O)[C@@H](N)COC1OC(CO)C(O)C(O)C1O. The van der Waals surface area contributed by atoms with Gasteiger partial charge in [-0.3, -0.25) is 0 Å². The predicted octanol–water partition coefficient (Wildman–Crippen LogP) is -14.1. The summed E-state index contributed by atoms with van der Waals surface area (Å²) in [6.45, 7) is 3.22. The molecular weight excluding hydrogens is 1090 g/mol. The van der Waals surface area contributed by atoms with Gasteiger partial charge >= 0.3 is 0 Å². The first-order valence-corrected chi connectivity index (χ1v) is 25.5. The van der Waals surface area contributed by atoms with Gasteiger partial charge in [0.25, 0.3) is 0 Å². The molecule has 0 aromatic carbocycles. The van der Waals surface area contributed by atoms with Gasteiger partial charge in [0.1, 0.15) is 97.7 Å². The molecule has 30 N–H and O–H groups in total. The second-order valence-corrected chi connectivity index (χ2v) is 19.3. The molecule has 0 saturated carbocycles. The normalized spacial score (nSPS) is 38.7. The van der Waals surface area contributed by atoms with Crippen LogP contribution in [0.5, 0.6) is 0 Å². The topological polar surface area (TPSA) is 623 Å². The highest BCUT2D eigenvalue weighted by molar-refractivity contribution is 4.95. The van der Waals surface area contributed by atoms with Gasteiger partial charge in [0.2, 0.25) is 0 Å². The maximum Gasteiger partial charge on any atom is 0.186 e. The molecule has 34 nitrogen and oxygen atoms in total. The largest absolute Gasteiger partial charge is 0.394 e. The van der Waals surface area contributed by atoms with Crippen LogP contribution in [-0.4, -0.2) is 349 Å². The molecule has 4 fully saturated rings. The lowest BCUT2D eigenvalue weighted by molar-refractivity contribution is -0.302. The minimum Gasteiger partial charge on any atom is -0.394 e. The third-order valence-electron chi connectivity index (χ3n) is 12.7. The van der Waals surface area contributed by atoms with Crippen molar-refractivity contribution in [3.05, 3.63) is 24.3 Å². The molecule has 4 aliphatic rings. The minimum atomic E-state index is -1.54. The molecule has 80 heavy (non-hydrogen) atoms. The monoisotopic (exact) mass is 1180 g/mol. The van der Waals surface area contributed by atoms with Crippen molar-refractivity contribution in [1.29, 1.82) is 0 Å². The van der Waals surface area contributed by atoms with Crippen LogP contribution in [0.3, 0.4) is 0 Å². The van der Waals surface area contributed by atoms with E-state index in [1.54, 1.807) is 26.0 Å². The third-order valence-corrected chi connectivity index (χ3v) is 12.7. The van der Waals surface area contributed by atoms with Crippen LogP contribution in [0.2, 0.25) is 0 Å². The highest BCUT2D eigenvalue weighted by Crippen LogP contribution is 2.26. The van der Waals surface area contributed by atoms with Crippen molar-refractivity contribution in [2.75, 3.05) is 52.9 Å². The van der Waals surface area contributed by atoms with Crippen LogP contribution < -0.4 is 22.9 Å². The minimum absolute atomic E-state index is 0.131. The smallest absolute Gasteiger partial charge is 0.186 e. The summed E-state index contributed by atoms with van der Waals surface area (Å²) >= 11 is 0. The lowest BCUT2D eigenvalue weighted by Crippen LogP contribution is -2.59. The molecule has 0 radical (unpaired) electrons. The summed E-state index contributed by atoms with van der Waals surface area (Å²) in [5.74, 6) is 0. The maximum atomic E-state index is 9.72. The number of hydrogen-bond donors (Lipinski definition) is 26. The summed E-state index contributed by atoms with van der Waals surface area (Å²) < 4.78 is 41.1. The first kappa shape index (κ1) is 76.1. The molecule has 30 atom stereocenters. The van der Waals surface area contributed by atoms with Crippen LogP contribution in [0.15, 0.2) is 24.3 Å². The van der Waals surface area contributed by atoms with Gasteiger partial charge in [-0.05, 0) is 27.7 Å². The van der Waals surface area contributed by atoms with E-state index in [2.05, 4.69) is 0 Å². The van der Waals surface area contributed by atoms with Crippen molar-refractivity contribution >= 4 is 0 Å². The number of nitrogens with two attached hydrogens (primary N) is 4. The van der Waals surface area contributed by atoms with E-state index in [0.717, 1.165) is 0 Å². The van der Waals surface area contributed by atoms with E-state index in [1.165, 1.54) is 26.0 Å². The third kappa shape index (κ3) is 23.2. The molecular formula is C46H92N4O30. The van der Waals surface area contributed by atoms with Gasteiger partial charge in [0.15, 0.2) is 25.2 Å². The number of allylic oxidation sites excluding steroid dienone is 2.